The molecule has 0 atom stereocenters. The van der Waals surface area contributed by atoms with Gasteiger partial charge in [-0.05, 0) is 30.7 Å². The third kappa shape index (κ3) is 2.87. The summed E-state index contributed by atoms with van der Waals surface area (Å²) in [5.41, 5.74) is 0.964. The van der Waals surface area contributed by atoms with Gasteiger partial charge in [0.05, 0.1) is 12.6 Å². The van der Waals surface area contributed by atoms with Crippen LogP contribution >= 0.6 is 0 Å². The molecule has 3 heteroatoms. The quantitative estimate of drug-likeness (QED) is 0.799. The van der Waals surface area contributed by atoms with E-state index in [1.807, 2.05) is 24.3 Å². The number of unbranched alkanes of at least 4 members (excludes halogenated alkanes) is 1. The van der Waals surface area contributed by atoms with Crippen molar-refractivity contribution >= 4 is 16.7 Å². The highest BCUT2D eigenvalue weighted by Crippen LogP contribution is 2.20. The highest BCUT2D eigenvalue weighted by atomic mass is 16.5. The number of hydrogen-bond donors (Lipinski definition) is 1. The largest absolute Gasteiger partial charge is 0.497 e. The van der Waals surface area contributed by atoms with Crippen molar-refractivity contribution in [3.63, 3.8) is 0 Å². The number of hydrogen-bond acceptors (Lipinski definition) is 3. The number of pyridine rings is 1. The van der Waals surface area contributed by atoms with Crippen molar-refractivity contribution in [1.29, 1.82) is 0 Å². The molecule has 90 valence electrons. The van der Waals surface area contributed by atoms with Gasteiger partial charge in [0.15, 0.2) is 0 Å². The van der Waals surface area contributed by atoms with Crippen LogP contribution in [0.3, 0.4) is 0 Å². The fourth-order valence-corrected chi connectivity index (χ4v) is 1.72. The minimum absolute atomic E-state index is 0.843. The van der Waals surface area contributed by atoms with E-state index >= 15 is 0 Å². The molecule has 0 aliphatic carbocycles. The number of nitrogens with zero attached hydrogens (tertiary/aromatic N) is 1. The highest BCUT2D eigenvalue weighted by molar-refractivity contribution is 5.81. The summed E-state index contributed by atoms with van der Waals surface area (Å²) in [6.07, 6.45) is 2.35. The number of ether oxygens (including phenoxy) is 1. The lowest BCUT2D eigenvalue weighted by Gasteiger charge is -2.06. The molecule has 17 heavy (non-hydrogen) atoms. The average Bonchev–Trinajstić information content (AvgIpc) is 2.38. The number of rotatable bonds is 5. The zero-order chi connectivity index (χ0) is 12.1. The van der Waals surface area contributed by atoms with Gasteiger partial charge in [0.2, 0.25) is 0 Å². The summed E-state index contributed by atoms with van der Waals surface area (Å²) >= 11 is 0. The summed E-state index contributed by atoms with van der Waals surface area (Å²) in [7, 11) is 1.67. The standard InChI is InChI=1S/C14H18N2O/c1-3-4-9-15-14-8-6-11-5-7-12(17-2)10-13(11)16-14/h5-8,10H,3-4,9H2,1-2H3,(H,15,16). The van der Waals surface area contributed by atoms with E-state index in [0.29, 0.717) is 0 Å². The van der Waals surface area contributed by atoms with Gasteiger partial charge < -0.3 is 10.1 Å². The Morgan fingerprint density at radius 2 is 2.06 bits per heavy atom. The SMILES string of the molecule is CCCCNc1ccc2ccc(OC)cc2n1. The Balaban J connectivity index is 2.22. The molecule has 1 heterocycles. The van der Waals surface area contributed by atoms with Crippen LogP contribution in [0.4, 0.5) is 5.82 Å². The maximum absolute atomic E-state index is 5.20. The number of nitrogens with one attached hydrogen (secondary N) is 1. The lowest BCUT2D eigenvalue weighted by Crippen LogP contribution is -2.02. The molecule has 0 aliphatic heterocycles. The molecule has 0 saturated carbocycles. The normalized spacial score (nSPS) is 10.5. The first kappa shape index (κ1) is 11.7. The Hall–Kier alpha value is -1.77. The maximum Gasteiger partial charge on any atom is 0.126 e. The molecule has 0 saturated heterocycles. The number of benzene rings is 1. The van der Waals surface area contributed by atoms with E-state index in [1.165, 1.54) is 6.42 Å². The van der Waals surface area contributed by atoms with Crippen LogP contribution in [0.5, 0.6) is 5.75 Å². The zero-order valence-corrected chi connectivity index (χ0v) is 10.4. The van der Waals surface area contributed by atoms with Crippen molar-refractivity contribution in [2.24, 2.45) is 0 Å². The topological polar surface area (TPSA) is 34.1 Å². The Labute approximate surface area is 102 Å². The van der Waals surface area contributed by atoms with Crippen molar-refractivity contribution in [1.82, 2.24) is 4.98 Å². The molecule has 0 radical (unpaired) electrons. The van der Waals surface area contributed by atoms with Gasteiger partial charge in [0, 0.05) is 18.0 Å². The lowest BCUT2D eigenvalue weighted by atomic mass is 10.2. The van der Waals surface area contributed by atoms with Crippen molar-refractivity contribution in [2.75, 3.05) is 19.0 Å². The van der Waals surface area contributed by atoms with Crippen LogP contribution in [0.1, 0.15) is 19.8 Å². The average molecular weight is 230 g/mol. The van der Waals surface area contributed by atoms with Crippen molar-refractivity contribution in [2.45, 2.75) is 19.8 Å². The molecule has 3 nitrogen and oxygen atoms in total. The second kappa shape index (κ2) is 5.53. The first-order valence-electron chi connectivity index (χ1n) is 6.02. The number of fused-ring (bicyclic) bond motifs is 1. The summed E-state index contributed by atoms with van der Waals surface area (Å²) in [4.78, 5) is 4.56. The monoisotopic (exact) mass is 230 g/mol. The van der Waals surface area contributed by atoms with E-state index in [2.05, 4.69) is 23.3 Å². The van der Waals surface area contributed by atoms with Crippen LogP contribution in [-0.2, 0) is 0 Å². The van der Waals surface area contributed by atoms with Crippen LogP contribution < -0.4 is 10.1 Å². The fraction of sp³-hybridized carbons (Fsp3) is 0.357. The molecule has 2 aromatic rings. The van der Waals surface area contributed by atoms with Gasteiger partial charge in [-0.25, -0.2) is 4.98 Å². The minimum atomic E-state index is 0.843. The van der Waals surface area contributed by atoms with Crippen molar-refractivity contribution < 1.29 is 4.74 Å². The molecular weight excluding hydrogens is 212 g/mol. The molecular formula is C14H18N2O. The summed E-state index contributed by atoms with van der Waals surface area (Å²) in [6, 6.07) is 10.0. The van der Waals surface area contributed by atoms with E-state index in [9.17, 15) is 0 Å². The molecule has 0 bridgehead atoms. The summed E-state index contributed by atoms with van der Waals surface area (Å²) in [5, 5.41) is 4.45. The Morgan fingerprint density at radius 1 is 1.24 bits per heavy atom. The molecule has 1 aromatic heterocycles. The van der Waals surface area contributed by atoms with Crippen molar-refractivity contribution in [3.05, 3.63) is 30.3 Å². The van der Waals surface area contributed by atoms with E-state index < -0.39 is 0 Å². The van der Waals surface area contributed by atoms with Crippen molar-refractivity contribution in [3.8, 4) is 5.75 Å². The van der Waals surface area contributed by atoms with E-state index in [4.69, 9.17) is 4.74 Å². The predicted molar refractivity (Wildman–Crippen MR) is 71.7 cm³/mol. The van der Waals surface area contributed by atoms with Gasteiger partial charge in [-0.2, -0.15) is 0 Å². The number of anilines is 1. The minimum Gasteiger partial charge on any atom is -0.497 e. The van der Waals surface area contributed by atoms with Gasteiger partial charge in [0.1, 0.15) is 11.6 Å². The Morgan fingerprint density at radius 3 is 2.82 bits per heavy atom. The van der Waals surface area contributed by atoms with Gasteiger partial charge in [-0.3, -0.25) is 0 Å². The summed E-state index contributed by atoms with van der Waals surface area (Å²) in [5.74, 6) is 1.77. The van der Waals surface area contributed by atoms with Gasteiger partial charge in [0.25, 0.3) is 0 Å². The first-order valence-corrected chi connectivity index (χ1v) is 6.02. The van der Waals surface area contributed by atoms with Crippen LogP contribution in [0.25, 0.3) is 10.9 Å². The van der Waals surface area contributed by atoms with Gasteiger partial charge in [-0.15, -0.1) is 0 Å². The molecule has 2 rings (SSSR count). The molecule has 0 fully saturated rings. The summed E-state index contributed by atoms with van der Waals surface area (Å²) in [6.45, 7) is 3.15. The second-order valence-corrected chi connectivity index (χ2v) is 4.04. The van der Waals surface area contributed by atoms with Gasteiger partial charge in [-0.1, -0.05) is 13.3 Å². The Kier molecular flexibility index (Phi) is 3.81. The van der Waals surface area contributed by atoms with Crippen LogP contribution in [0.15, 0.2) is 30.3 Å². The first-order chi connectivity index (χ1) is 8.33. The third-order valence-electron chi connectivity index (χ3n) is 2.74. The Bertz CT molecular complexity index is 497. The summed E-state index contributed by atoms with van der Waals surface area (Å²) < 4.78 is 5.20. The highest BCUT2D eigenvalue weighted by Gasteiger charge is 1.99. The molecule has 0 spiro atoms. The van der Waals surface area contributed by atoms with Gasteiger partial charge >= 0.3 is 0 Å². The fourth-order valence-electron chi connectivity index (χ4n) is 1.72. The zero-order valence-electron chi connectivity index (χ0n) is 10.4. The number of methoxy groups -OCH3 is 1. The third-order valence-corrected chi connectivity index (χ3v) is 2.74. The van der Waals surface area contributed by atoms with E-state index in [1.54, 1.807) is 7.11 Å². The molecule has 1 N–H and O–H groups in total. The lowest BCUT2D eigenvalue weighted by molar-refractivity contribution is 0.415. The molecule has 0 amide bonds. The smallest absolute Gasteiger partial charge is 0.126 e. The molecule has 0 unspecified atom stereocenters. The van der Waals surface area contributed by atoms with Crippen LogP contribution in [-0.4, -0.2) is 18.6 Å². The van der Waals surface area contributed by atoms with Crippen LogP contribution in [0.2, 0.25) is 0 Å². The molecule has 1 aromatic carbocycles. The molecule has 0 aliphatic rings. The number of aromatic nitrogens is 1. The van der Waals surface area contributed by atoms with E-state index in [0.717, 1.165) is 35.4 Å². The predicted octanol–water partition coefficient (Wildman–Crippen LogP) is 3.46. The maximum atomic E-state index is 5.20. The van der Waals surface area contributed by atoms with Crippen LogP contribution in [0, 0.1) is 0 Å². The van der Waals surface area contributed by atoms with E-state index in [-0.39, 0.29) is 0 Å². The second-order valence-electron chi connectivity index (χ2n) is 4.04.